The van der Waals surface area contributed by atoms with Crippen LogP contribution in [0.15, 0.2) is 36.4 Å². The van der Waals surface area contributed by atoms with E-state index in [0.29, 0.717) is 18.5 Å². The third kappa shape index (κ3) is 3.22. The lowest BCUT2D eigenvalue weighted by Crippen LogP contribution is -2.34. The van der Waals surface area contributed by atoms with Gasteiger partial charge >= 0.3 is 5.97 Å². The van der Waals surface area contributed by atoms with Gasteiger partial charge in [-0.25, -0.2) is 0 Å². The van der Waals surface area contributed by atoms with E-state index in [4.69, 9.17) is 5.11 Å². The fraction of sp³-hybridized carbons (Fsp3) is 0.333. The van der Waals surface area contributed by atoms with E-state index in [1.807, 2.05) is 43.3 Å². The van der Waals surface area contributed by atoms with Crippen molar-refractivity contribution in [3.8, 4) is 0 Å². The van der Waals surface area contributed by atoms with E-state index in [0.717, 1.165) is 5.56 Å². The summed E-state index contributed by atoms with van der Waals surface area (Å²) in [7, 11) is 0. The van der Waals surface area contributed by atoms with Gasteiger partial charge in [0.2, 0.25) is 5.91 Å². The van der Waals surface area contributed by atoms with Crippen molar-refractivity contribution >= 4 is 17.6 Å². The Hall–Kier alpha value is -2.10. The zero-order valence-corrected chi connectivity index (χ0v) is 10.8. The van der Waals surface area contributed by atoms with Crippen LogP contribution >= 0.6 is 0 Å². The van der Waals surface area contributed by atoms with Crippen molar-refractivity contribution < 1.29 is 14.7 Å². The van der Waals surface area contributed by atoms with E-state index in [1.165, 1.54) is 0 Å². The number of carboxylic acid groups (broad SMARTS) is 1. The number of allylic oxidation sites excluding steroid dienone is 2. The van der Waals surface area contributed by atoms with Gasteiger partial charge in [0.1, 0.15) is 0 Å². The third-order valence-electron chi connectivity index (χ3n) is 3.41. The maximum atomic E-state index is 12.2. The molecule has 0 spiro atoms. The van der Waals surface area contributed by atoms with Gasteiger partial charge in [-0.2, -0.15) is 0 Å². The highest BCUT2D eigenvalue weighted by molar-refractivity contribution is 5.95. The molecule has 1 aromatic rings. The Morgan fingerprint density at radius 2 is 1.68 bits per heavy atom. The Morgan fingerprint density at radius 3 is 2.26 bits per heavy atom. The van der Waals surface area contributed by atoms with Crippen LogP contribution in [0.3, 0.4) is 0 Å². The number of hydrogen-bond donors (Lipinski definition) is 2. The van der Waals surface area contributed by atoms with Crippen LogP contribution in [0.1, 0.15) is 18.4 Å². The number of carbonyl (C=O) groups is 2. The molecule has 0 heterocycles. The lowest BCUT2D eigenvalue weighted by Gasteiger charge is -2.24. The highest BCUT2D eigenvalue weighted by atomic mass is 16.4. The molecule has 0 saturated heterocycles. The first-order valence-electron chi connectivity index (χ1n) is 6.33. The zero-order chi connectivity index (χ0) is 13.8. The summed E-state index contributed by atoms with van der Waals surface area (Å²) in [5, 5.41) is 11.9. The number of aliphatic carboxylic acids is 1. The quantitative estimate of drug-likeness (QED) is 0.820. The Bertz CT molecular complexity index is 505. The second-order valence-corrected chi connectivity index (χ2v) is 4.85. The van der Waals surface area contributed by atoms with Gasteiger partial charge < -0.3 is 10.4 Å². The predicted octanol–water partition coefficient (Wildman–Crippen LogP) is 2.60. The number of anilines is 1. The van der Waals surface area contributed by atoms with Gasteiger partial charge in [0.15, 0.2) is 0 Å². The summed E-state index contributed by atoms with van der Waals surface area (Å²) < 4.78 is 0. The van der Waals surface area contributed by atoms with E-state index >= 15 is 0 Å². The first-order chi connectivity index (χ1) is 9.08. The van der Waals surface area contributed by atoms with Crippen LogP contribution in [0.25, 0.3) is 0 Å². The molecule has 2 atom stereocenters. The van der Waals surface area contributed by atoms with Gasteiger partial charge in [0, 0.05) is 5.69 Å². The minimum absolute atomic E-state index is 0.222. The molecule has 2 rings (SSSR count). The van der Waals surface area contributed by atoms with Gasteiger partial charge in [-0.05, 0) is 31.9 Å². The SMILES string of the molecule is Cc1ccc(NC(=O)C2CC=CCC2C(=O)O)cc1. The molecular weight excluding hydrogens is 242 g/mol. The molecule has 2 unspecified atom stereocenters. The molecule has 4 heteroatoms. The number of carboxylic acids is 1. The highest BCUT2D eigenvalue weighted by Gasteiger charge is 2.33. The van der Waals surface area contributed by atoms with E-state index < -0.39 is 17.8 Å². The van der Waals surface area contributed by atoms with Crippen LogP contribution in [0.4, 0.5) is 5.69 Å². The number of benzene rings is 1. The van der Waals surface area contributed by atoms with Crippen LogP contribution in [-0.2, 0) is 9.59 Å². The standard InChI is InChI=1S/C15H17NO3/c1-10-6-8-11(9-7-10)16-14(17)12-4-2-3-5-13(12)15(18)19/h2-3,6-9,12-13H,4-5H2,1H3,(H,16,17)(H,18,19). The van der Waals surface area contributed by atoms with Crippen molar-refractivity contribution in [3.05, 3.63) is 42.0 Å². The normalized spacial score (nSPS) is 21.9. The molecule has 1 aliphatic rings. The number of carbonyl (C=O) groups excluding carboxylic acids is 1. The van der Waals surface area contributed by atoms with Crippen molar-refractivity contribution in [2.45, 2.75) is 19.8 Å². The fourth-order valence-corrected chi connectivity index (χ4v) is 2.25. The summed E-state index contributed by atoms with van der Waals surface area (Å²) >= 11 is 0. The summed E-state index contributed by atoms with van der Waals surface area (Å²) in [4.78, 5) is 23.3. The number of rotatable bonds is 3. The molecule has 4 nitrogen and oxygen atoms in total. The molecule has 0 saturated carbocycles. The van der Waals surface area contributed by atoms with Crippen molar-refractivity contribution in [3.63, 3.8) is 0 Å². The monoisotopic (exact) mass is 259 g/mol. The number of amides is 1. The molecule has 2 N–H and O–H groups in total. The molecule has 100 valence electrons. The van der Waals surface area contributed by atoms with Crippen LogP contribution in [-0.4, -0.2) is 17.0 Å². The Labute approximate surface area is 112 Å². The van der Waals surface area contributed by atoms with Crippen LogP contribution in [0, 0.1) is 18.8 Å². The van der Waals surface area contributed by atoms with E-state index in [1.54, 1.807) is 0 Å². The zero-order valence-electron chi connectivity index (χ0n) is 10.8. The minimum Gasteiger partial charge on any atom is -0.481 e. The highest BCUT2D eigenvalue weighted by Crippen LogP contribution is 2.27. The smallest absolute Gasteiger partial charge is 0.307 e. The molecule has 1 amide bonds. The lowest BCUT2D eigenvalue weighted by molar-refractivity contribution is -0.146. The lowest BCUT2D eigenvalue weighted by atomic mass is 9.82. The van der Waals surface area contributed by atoms with Crippen LogP contribution in [0.2, 0.25) is 0 Å². The number of aryl methyl sites for hydroxylation is 1. The summed E-state index contributed by atoms with van der Waals surface area (Å²) in [5.74, 6) is -2.26. The first-order valence-corrected chi connectivity index (χ1v) is 6.33. The minimum atomic E-state index is -0.909. The summed E-state index contributed by atoms with van der Waals surface area (Å²) in [6.07, 6.45) is 4.60. The average molecular weight is 259 g/mol. The Balaban J connectivity index is 2.08. The molecule has 0 fully saturated rings. The summed E-state index contributed by atoms with van der Waals surface area (Å²) in [6, 6.07) is 7.46. The van der Waals surface area contributed by atoms with Crippen molar-refractivity contribution in [1.82, 2.24) is 0 Å². The molecule has 1 aromatic carbocycles. The second-order valence-electron chi connectivity index (χ2n) is 4.85. The molecular formula is C15H17NO3. The maximum absolute atomic E-state index is 12.2. The van der Waals surface area contributed by atoms with Crippen molar-refractivity contribution in [2.24, 2.45) is 11.8 Å². The van der Waals surface area contributed by atoms with Crippen LogP contribution in [0.5, 0.6) is 0 Å². The summed E-state index contributed by atoms with van der Waals surface area (Å²) in [6.45, 7) is 1.97. The van der Waals surface area contributed by atoms with Gasteiger partial charge in [-0.1, -0.05) is 29.8 Å². The first kappa shape index (κ1) is 13.3. The van der Waals surface area contributed by atoms with Gasteiger partial charge in [0.25, 0.3) is 0 Å². The topological polar surface area (TPSA) is 66.4 Å². The fourth-order valence-electron chi connectivity index (χ4n) is 2.25. The second kappa shape index (κ2) is 5.69. The largest absolute Gasteiger partial charge is 0.481 e. The molecule has 0 aliphatic heterocycles. The van der Waals surface area contributed by atoms with E-state index in [2.05, 4.69) is 5.32 Å². The Morgan fingerprint density at radius 1 is 1.11 bits per heavy atom. The molecule has 0 radical (unpaired) electrons. The van der Waals surface area contributed by atoms with Crippen molar-refractivity contribution in [2.75, 3.05) is 5.32 Å². The van der Waals surface area contributed by atoms with Gasteiger partial charge in [0.05, 0.1) is 11.8 Å². The number of nitrogens with one attached hydrogen (secondary N) is 1. The van der Waals surface area contributed by atoms with Crippen LogP contribution < -0.4 is 5.32 Å². The Kier molecular flexibility index (Phi) is 4.00. The average Bonchev–Trinajstić information content (AvgIpc) is 2.41. The van der Waals surface area contributed by atoms with Gasteiger partial charge in [-0.15, -0.1) is 0 Å². The van der Waals surface area contributed by atoms with E-state index in [-0.39, 0.29) is 5.91 Å². The van der Waals surface area contributed by atoms with Crippen molar-refractivity contribution in [1.29, 1.82) is 0 Å². The van der Waals surface area contributed by atoms with Gasteiger partial charge in [-0.3, -0.25) is 9.59 Å². The molecule has 1 aliphatic carbocycles. The van der Waals surface area contributed by atoms with E-state index in [9.17, 15) is 9.59 Å². The molecule has 0 aromatic heterocycles. The number of hydrogen-bond acceptors (Lipinski definition) is 2. The predicted molar refractivity (Wildman–Crippen MR) is 72.8 cm³/mol. The maximum Gasteiger partial charge on any atom is 0.307 e. The summed E-state index contributed by atoms with van der Waals surface area (Å²) in [5.41, 5.74) is 1.82. The third-order valence-corrected chi connectivity index (χ3v) is 3.41. The molecule has 0 bridgehead atoms. The molecule has 19 heavy (non-hydrogen) atoms.